The second-order valence-electron chi connectivity index (χ2n) is 5.10. The summed E-state index contributed by atoms with van der Waals surface area (Å²) >= 11 is 0. The van der Waals surface area contributed by atoms with Gasteiger partial charge in [-0.3, -0.25) is 0 Å². The number of aromatic nitrogens is 2. The summed E-state index contributed by atoms with van der Waals surface area (Å²) < 4.78 is 1.55. The molecule has 94 valence electrons. The minimum atomic E-state index is 0.496. The van der Waals surface area contributed by atoms with E-state index in [1.54, 1.807) is 4.68 Å². The number of hydrogen-bond acceptors (Lipinski definition) is 3. The Hall–Kier alpha value is -1.97. The Balaban J connectivity index is 2.17. The summed E-state index contributed by atoms with van der Waals surface area (Å²) in [4.78, 5) is 4.66. The molecule has 0 amide bonds. The molecule has 0 unspecified atom stereocenters. The van der Waals surface area contributed by atoms with Crippen LogP contribution < -0.4 is 11.6 Å². The van der Waals surface area contributed by atoms with Gasteiger partial charge >= 0.3 is 0 Å². The molecule has 1 saturated carbocycles. The molecule has 4 heteroatoms. The Morgan fingerprint density at radius 1 is 1.28 bits per heavy atom. The highest BCUT2D eigenvalue weighted by molar-refractivity contribution is 5.74. The van der Waals surface area contributed by atoms with Gasteiger partial charge in [0.05, 0.1) is 0 Å². The van der Waals surface area contributed by atoms with E-state index in [0.29, 0.717) is 11.7 Å². The van der Waals surface area contributed by atoms with Crippen molar-refractivity contribution >= 4 is 5.82 Å². The first-order valence-corrected chi connectivity index (χ1v) is 6.29. The van der Waals surface area contributed by atoms with Crippen LogP contribution in [0.1, 0.15) is 35.7 Å². The molecule has 1 aliphatic carbocycles. The average Bonchev–Trinajstić information content (AvgIpc) is 3.14. The summed E-state index contributed by atoms with van der Waals surface area (Å²) in [5.74, 6) is 7.98. The Kier molecular flexibility index (Phi) is 2.33. The summed E-state index contributed by atoms with van der Waals surface area (Å²) in [6.45, 7) is 4.19. The maximum Gasteiger partial charge on any atom is 0.150 e. The molecule has 1 aliphatic rings. The molecular formula is C14H18N4. The predicted molar refractivity (Wildman–Crippen MR) is 73.7 cm³/mol. The summed E-state index contributed by atoms with van der Waals surface area (Å²) in [6, 6.07) is 6.18. The summed E-state index contributed by atoms with van der Waals surface area (Å²) in [7, 11) is 0. The van der Waals surface area contributed by atoms with Crippen LogP contribution in [0.15, 0.2) is 18.2 Å². The highest BCUT2D eigenvalue weighted by atomic mass is 15.4. The monoisotopic (exact) mass is 242 g/mol. The molecule has 0 radical (unpaired) electrons. The van der Waals surface area contributed by atoms with Gasteiger partial charge in [-0.15, -0.1) is 0 Å². The van der Waals surface area contributed by atoms with Crippen molar-refractivity contribution in [2.45, 2.75) is 32.6 Å². The van der Waals surface area contributed by atoms with Crippen LogP contribution in [0, 0.1) is 13.8 Å². The minimum absolute atomic E-state index is 0.496. The van der Waals surface area contributed by atoms with Crippen LogP contribution in [0.4, 0.5) is 5.82 Å². The zero-order chi connectivity index (χ0) is 12.9. The van der Waals surface area contributed by atoms with Gasteiger partial charge in [0.25, 0.3) is 0 Å². The van der Waals surface area contributed by atoms with Crippen molar-refractivity contribution in [1.82, 2.24) is 9.66 Å². The third kappa shape index (κ3) is 1.56. The number of imidazole rings is 1. The second-order valence-corrected chi connectivity index (χ2v) is 5.10. The molecule has 1 heterocycles. The molecule has 0 bridgehead atoms. The van der Waals surface area contributed by atoms with E-state index in [4.69, 9.17) is 11.6 Å². The first kappa shape index (κ1) is 11.1. The van der Waals surface area contributed by atoms with Gasteiger partial charge < -0.3 is 11.6 Å². The van der Waals surface area contributed by atoms with Crippen molar-refractivity contribution in [3.05, 3.63) is 35.2 Å². The topological polar surface area (TPSA) is 69.9 Å². The van der Waals surface area contributed by atoms with Crippen molar-refractivity contribution in [2.24, 2.45) is 0 Å². The lowest BCUT2D eigenvalue weighted by molar-refractivity contribution is 0.855. The van der Waals surface area contributed by atoms with Gasteiger partial charge in [-0.05, 0) is 37.8 Å². The van der Waals surface area contributed by atoms with Gasteiger partial charge in [-0.25, -0.2) is 9.66 Å². The Labute approximate surface area is 107 Å². The van der Waals surface area contributed by atoms with Crippen LogP contribution in [-0.2, 0) is 0 Å². The van der Waals surface area contributed by atoms with Gasteiger partial charge in [-0.2, -0.15) is 0 Å². The second kappa shape index (κ2) is 3.77. The third-order valence-corrected chi connectivity index (χ3v) is 3.78. The molecule has 3 rings (SSSR count). The van der Waals surface area contributed by atoms with Gasteiger partial charge in [-0.1, -0.05) is 18.2 Å². The zero-order valence-corrected chi connectivity index (χ0v) is 10.8. The van der Waals surface area contributed by atoms with E-state index in [1.165, 1.54) is 24.0 Å². The van der Waals surface area contributed by atoms with E-state index in [1.807, 2.05) is 6.07 Å². The molecular weight excluding hydrogens is 224 g/mol. The average molecular weight is 242 g/mol. The number of nitrogens with two attached hydrogens (primary N) is 2. The Morgan fingerprint density at radius 2 is 2.00 bits per heavy atom. The van der Waals surface area contributed by atoms with Crippen LogP contribution >= 0.6 is 0 Å². The first-order valence-electron chi connectivity index (χ1n) is 6.29. The van der Waals surface area contributed by atoms with Crippen LogP contribution in [0.25, 0.3) is 11.3 Å². The number of nitrogen functional groups attached to an aromatic ring is 2. The SMILES string of the molecule is Cc1cccc(-c2nc(C3CC3)n(N)c2N)c1C. The maximum atomic E-state index is 6.10. The highest BCUT2D eigenvalue weighted by Crippen LogP contribution is 2.41. The smallest absolute Gasteiger partial charge is 0.150 e. The van der Waals surface area contributed by atoms with Crippen molar-refractivity contribution in [3.63, 3.8) is 0 Å². The molecule has 18 heavy (non-hydrogen) atoms. The largest absolute Gasteiger partial charge is 0.382 e. The van der Waals surface area contributed by atoms with Gasteiger partial charge in [0.2, 0.25) is 0 Å². The fraction of sp³-hybridized carbons (Fsp3) is 0.357. The molecule has 0 saturated heterocycles. The molecule has 1 aromatic carbocycles. The fourth-order valence-corrected chi connectivity index (χ4v) is 2.30. The van der Waals surface area contributed by atoms with Crippen molar-refractivity contribution in [1.29, 1.82) is 0 Å². The van der Waals surface area contributed by atoms with E-state index in [2.05, 4.69) is 31.0 Å². The maximum absolute atomic E-state index is 6.10. The van der Waals surface area contributed by atoms with Crippen molar-refractivity contribution in [2.75, 3.05) is 11.6 Å². The standard InChI is InChI=1S/C14H18N4/c1-8-4-3-5-11(9(8)2)12-13(15)18(16)14(17-12)10-6-7-10/h3-5,10H,6-7,15-16H2,1-2H3. The Bertz CT molecular complexity index is 608. The van der Waals surface area contributed by atoms with Gasteiger partial charge in [0.1, 0.15) is 11.5 Å². The van der Waals surface area contributed by atoms with E-state index in [-0.39, 0.29) is 0 Å². The molecule has 4 N–H and O–H groups in total. The highest BCUT2D eigenvalue weighted by Gasteiger charge is 2.30. The molecule has 0 aliphatic heterocycles. The number of nitrogens with zero attached hydrogens (tertiary/aromatic N) is 2. The van der Waals surface area contributed by atoms with Crippen molar-refractivity contribution in [3.8, 4) is 11.3 Å². The molecule has 0 atom stereocenters. The first-order chi connectivity index (χ1) is 8.59. The fourth-order valence-electron chi connectivity index (χ4n) is 2.30. The van der Waals surface area contributed by atoms with Crippen LogP contribution in [-0.4, -0.2) is 9.66 Å². The molecule has 2 aromatic rings. The lowest BCUT2D eigenvalue weighted by Gasteiger charge is -2.06. The summed E-state index contributed by atoms with van der Waals surface area (Å²) in [6.07, 6.45) is 2.33. The number of anilines is 1. The molecule has 1 aromatic heterocycles. The third-order valence-electron chi connectivity index (χ3n) is 3.78. The number of aryl methyl sites for hydroxylation is 1. The molecule has 0 spiro atoms. The van der Waals surface area contributed by atoms with Crippen LogP contribution in [0.5, 0.6) is 0 Å². The van der Waals surface area contributed by atoms with Gasteiger partial charge in [0, 0.05) is 11.5 Å². The quantitative estimate of drug-likeness (QED) is 0.794. The Morgan fingerprint density at radius 3 is 2.67 bits per heavy atom. The lowest BCUT2D eigenvalue weighted by Crippen LogP contribution is -2.14. The predicted octanol–water partition coefficient (Wildman–Crippen LogP) is 2.34. The van der Waals surface area contributed by atoms with Gasteiger partial charge in [0.15, 0.2) is 5.82 Å². The van der Waals surface area contributed by atoms with E-state index >= 15 is 0 Å². The molecule has 4 nitrogen and oxygen atoms in total. The minimum Gasteiger partial charge on any atom is -0.382 e. The van der Waals surface area contributed by atoms with Crippen LogP contribution in [0.2, 0.25) is 0 Å². The normalized spacial score (nSPS) is 15.0. The summed E-state index contributed by atoms with van der Waals surface area (Å²) in [5.41, 5.74) is 10.5. The number of benzene rings is 1. The number of rotatable bonds is 2. The zero-order valence-electron chi connectivity index (χ0n) is 10.8. The summed E-state index contributed by atoms with van der Waals surface area (Å²) in [5, 5.41) is 0. The van der Waals surface area contributed by atoms with Crippen LogP contribution in [0.3, 0.4) is 0 Å². The van der Waals surface area contributed by atoms with E-state index < -0.39 is 0 Å². The van der Waals surface area contributed by atoms with Crippen molar-refractivity contribution < 1.29 is 0 Å². The number of hydrogen-bond donors (Lipinski definition) is 2. The van der Waals surface area contributed by atoms with E-state index in [0.717, 1.165) is 17.1 Å². The van der Waals surface area contributed by atoms with E-state index in [9.17, 15) is 0 Å². The lowest BCUT2D eigenvalue weighted by atomic mass is 10.0. The molecule has 1 fully saturated rings.